The minimum absolute atomic E-state index is 0.0386. The number of hydrogen-bond donors (Lipinski definition) is 5. The lowest BCUT2D eigenvalue weighted by Crippen LogP contribution is -2.48. The summed E-state index contributed by atoms with van der Waals surface area (Å²) < 4.78 is 5.67. The van der Waals surface area contributed by atoms with Crippen molar-refractivity contribution in [2.75, 3.05) is 7.05 Å². The number of ether oxygens (including phenoxy) is 1. The zero-order valence-electron chi connectivity index (χ0n) is 28.1. The average Bonchev–Trinajstić information content (AvgIpc) is 3.05. The number of rotatable bonds is 9. The SMILES string of the molecule is CNC(=O)NC1CCC(CC2CCC(NC(=O)NC3CCC(CC4CCC(NC(=O)OC5CCCCC5)CC4)CC3)CC2)CC1. The second-order valence-electron chi connectivity index (χ2n) is 15.5. The molecule has 0 saturated heterocycles. The molecule has 0 aromatic rings. The molecule has 0 aromatic carbocycles. The van der Waals surface area contributed by atoms with Gasteiger partial charge in [-0.25, -0.2) is 14.4 Å². The summed E-state index contributed by atoms with van der Waals surface area (Å²) in [6, 6.07) is 1.19. The number of hydrogen-bond acceptors (Lipinski definition) is 4. The molecule has 0 atom stereocenters. The molecule has 0 heterocycles. The molecule has 5 saturated carbocycles. The first-order chi connectivity index (χ1) is 21.9. The molecule has 5 rings (SSSR count). The van der Waals surface area contributed by atoms with Crippen molar-refractivity contribution in [3.05, 3.63) is 0 Å². The van der Waals surface area contributed by atoms with Gasteiger partial charge in [-0.15, -0.1) is 0 Å². The molecule has 5 aliphatic rings. The minimum atomic E-state index is -0.198. The maximum atomic E-state index is 12.8. The van der Waals surface area contributed by atoms with Crippen molar-refractivity contribution >= 4 is 18.2 Å². The molecule has 0 spiro atoms. The van der Waals surface area contributed by atoms with E-state index < -0.39 is 0 Å². The summed E-state index contributed by atoms with van der Waals surface area (Å²) in [6.07, 6.45) is 26.6. The third-order valence-electron chi connectivity index (χ3n) is 12.1. The molecule has 0 unspecified atom stereocenters. The van der Waals surface area contributed by atoms with E-state index in [4.69, 9.17) is 4.74 Å². The van der Waals surface area contributed by atoms with Crippen molar-refractivity contribution in [1.82, 2.24) is 26.6 Å². The second-order valence-corrected chi connectivity index (χ2v) is 15.5. The maximum absolute atomic E-state index is 12.8. The van der Waals surface area contributed by atoms with E-state index in [1.807, 2.05) is 0 Å². The summed E-state index contributed by atoms with van der Waals surface area (Å²) in [7, 11) is 1.67. The van der Waals surface area contributed by atoms with Gasteiger partial charge in [0.2, 0.25) is 0 Å². The van der Waals surface area contributed by atoms with E-state index in [-0.39, 0.29) is 30.3 Å². The third kappa shape index (κ3) is 11.5. The zero-order chi connectivity index (χ0) is 31.4. The van der Waals surface area contributed by atoms with Gasteiger partial charge in [0.05, 0.1) is 0 Å². The molecule has 45 heavy (non-hydrogen) atoms. The van der Waals surface area contributed by atoms with Crippen molar-refractivity contribution in [2.24, 2.45) is 23.7 Å². The van der Waals surface area contributed by atoms with Crippen LogP contribution in [0, 0.1) is 23.7 Å². The standard InChI is InChI=1S/C36H63N5O4/c1-37-34(42)38-29-15-7-25(8-16-29)23-26-9-17-30(18-10-26)39-35(43)40-31-19-11-27(12-20-31)24-28-13-21-32(22-14-28)41-36(44)45-33-5-3-2-4-6-33/h25-33H,2-24H2,1H3,(H,41,44)(H2,37,38,42)(H2,39,40,43). The predicted octanol–water partition coefficient (Wildman–Crippen LogP) is 7.29. The first kappa shape index (κ1) is 34.2. The molecule has 5 aliphatic carbocycles. The molecule has 5 amide bonds. The van der Waals surface area contributed by atoms with E-state index in [0.717, 1.165) is 87.9 Å². The summed E-state index contributed by atoms with van der Waals surface area (Å²) in [6.45, 7) is 0. The molecule has 0 aliphatic heterocycles. The Hall–Kier alpha value is -2.19. The van der Waals surface area contributed by atoms with Crippen LogP contribution in [0.5, 0.6) is 0 Å². The van der Waals surface area contributed by atoms with Crippen LogP contribution in [-0.2, 0) is 4.74 Å². The van der Waals surface area contributed by atoms with E-state index in [1.54, 1.807) is 7.05 Å². The lowest BCUT2D eigenvalue weighted by atomic mass is 9.75. The fourth-order valence-corrected chi connectivity index (χ4v) is 9.32. The molecule has 256 valence electrons. The molecular weight excluding hydrogens is 566 g/mol. The van der Waals surface area contributed by atoms with E-state index >= 15 is 0 Å². The molecule has 5 N–H and O–H groups in total. The predicted molar refractivity (Wildman–Crippen MR) is 178 cm³/mol. The van der Waals surface area contributed by atoms with E-state index in [1.165, 1.54) is 83.5 Å². The fraction of sp³-hybridized carbons (Fsp3) is 0.917. The zero-order valence-corrected chi connectivity index (χ0v) is 28.1. The van der Waals surface area contributed by atoms with Crippen molar-refractivity contribution in [2.45, 2.75) is 178 Å². The topological polar surface area (TPSA) is 121 Å². The van der Waals surface area contributed by atoms with Crippen molar-refractivity contribution in [1.29, 1.82) is 0 Å². The van der Waals surface area contributed by atoms with Crippen LogP contribution < -0.4 is 26.6 Å². The molecule has 9 heteroatoms. The van der Waals surface area contributed by atoms with E-state index in [2.05, 4.69) is 26.6 Å². The summed E-state index contributed by atoms with van der Waals surface area (Å²) >= 11 is 0. The molecule has 5 fully saturated rings. The summed E-state index contributed by atoms with van der Waals surface area (Å²) in [4.78, 5) is 36.7. The van der Waals surface area contributed by atoms with Gasteiger partial charge in [0, 0.05) is 31.2 Å². The maximum Gasteiger partial charge on any atom is 0.407 e. The van der Waals surface area contributed by atoms with Crippen LogP contribution in [0.1, 0.15) is 148 Å². The first-order valence-electron chi connectivity index (χ1n) is 18.9. The lowest BCUT2D eigenvalue weighted by Gasteiger charge is -2.35. The highest BCUT2D eigenvalue weighted by Crippen LogP contribution is 2.37. The summed E-state index contributed by atoms with van der Waals surface area (Å²) in [5.41, 5.74) is 0. The number of amides is 5. The number of carbonyl (C=O) groups excluding carboxylic acids is 3. The normalized spacial score (nSPS) is 34.6. The number of carbonyl (C=O) groups is 3. The van der Waals surface area contributed by atoms with Gasteiger partial charge in [-0.1, -0.05) is 6.42 Å². The monoisotopic (exact) mass is 629 g/mol. The fourth-order valence-electron chi connectivity index (χ4n) is 9.32. The van der Waals surface area contributed by atoms with Crippen LogP contribution in [0.4, 0.5) is 14.4 Å². The number of nitrogens with one attached hydrogen (secondary N) is 5. The highest BCUT2D eigenvalue weighted by molar-refractivity contribution is 5.74. The highest BCUT2D eigenvalue weighted by Gasteiger charge is 2.31. The highest BCUT2D eigenvalue weighted by atomic mass is 16.6. The van der Waals surface area contributed by atoms with Crippen molar-refractivity contribution in [3.63, 3.8) is 0 Å². The Morgan fingerprint density at radius 1 is 0.467 bits per heavy atom. The molecular formula is C36H63N5O4. The number of alkyl carbamates (subject to hydrolysis) is 1. The quantitative estimate of drug-likeness (QED) is 0.184. The van der Waals surface area contributed by atoms with Gasteiger partial charge in [0.1, 0.15) is 6.10 Å². The Balaban J connectivity index is 0.882. The Labute approximate surface area is 272 Å². The Bertz CT molecular complexity index is 910. The molecule has 0 aromatic heterocycles. The molecule has 9 nitrogen and oxygen atoms in total. The van der Waals surface area contributed by atoms with Crippen LogP contribution in [0.25, 0.3) is 0 Å². The third-order valence-corrected chi connectivity index (χ3v) is 12.1. The molecule has 0 bridgehead atoms. The van der Waals surface area contributed by atoms with Gasteiger partial charge in [0.25, 0.3) is 0 Å². The van der Waals surface area contributed by atoms with Gasteiger partial charge in [-0.05, 0) is 165 Å². The van der Waals surface area contributed by atoms with Gasteiger partial charge in [0.15, 0.2) is 0 Å². The van der Waals surface area contributed by atoms with Crippen LogP contribution in [-0.4, -0.2) is 55.5 Å². The largest absolute Gasteiger partial charge is 0.446 e. The van der Waals surface area contributed by atoms with Crippen molar-refractivity contribution in [3.8, 4) is 0 Å². The van der Waals surface area contributed by atoms with Gasteiger partial charge in [-0.3, -0.25) is 0 Å². The van der Waals surface area contributed by atoms with E-state index in [9.17, 15) is 14.4 Å². The Morgan fingerprint density at radius 2 is 0.822 bits per heavy atom. The average molecular weight is 630 g/mol. The van der Waals surface area contributed by atoms with Crippen LogP contribution >= 0.6 is 0 Å². The Morgan fingerprint density at radius 3 is 1.20 bits per heavy atom. The summed E-state index contributed by atoms with van der Waals surface area (Å²) in [5, 5.41) is 15.5. The van der Waals surface area contributed by atoms with Crippen LogP contribution in [0.2, 0.25) is 0 Å². The second kappa shape index (κ2) is 17.7. The smallest absolute Gasteiger partial charge is 0.407 e. The van der Waals surface area contributed by atoms with Crippen molar-refractivity contribution < 1.29 is 19.1 Å². The van der Waals surface area contributed by atoms with Gasteiger partial charge >= 0.3 is 18.2 Å². The lowest BCUT2D eigenvalue weighted by molar-refractivity contribution is 0.0704. The minimum Gasteiger partial charge on any atom is -0.446 e. The van der Waals surface area contributed by atoms with Gasteiger partial charge < -0.3 is 31.3 Å². The Kier molecular flexibility index (Phi) is 13.4. The first-order valence-corrected chi connectivity index (χ1v) is 18.9. The van der Waals surface area contributed by atoms with Crippen LogP contribution in [0.3, 0.4) is 0 Å². The van der Waals surface area contributed by atoms with Crippen LogP contribution in [0.15, 0.2) is 0 Å². The van der Waals surface area contributed by atoms with Gasteiger partial charge in [-0.2, -0.15) is 0 Å². The number of urea groups is 2. The molecule has 0 radical (unpaired) electrons. The van der Waals surface area contributed by atoms with E-state index in [0.29, 0.717) is 18.1 Å². The summed E-state index contributed by atoms with van der Waals surface area (Å²) in [5.74, 6) is 3.11.